The normalized spacial score (nSPS) is 38.5. The maximum absolute atomic E-state index is 12.3. The number of hydrogen-bond donors (Lipinski definition) is 1. The first-order valence-corrected chi connectivity index (χ1v) is 8.20. The molecule has 0 amide bonds. The van der Waals surface area contributed by atoms with Crippen molar-refractivity contribution in [2.45, 2.75) is 45.2 Å². The zero-order valence-electron chi connectivity index (χ0n) is 12.1. The van der Waals surface area contributed by atoms with Crippen LogP contribution in [0, 0.1) is 29.6 Å². The molecule has 0 radical (unpaired) electrons. The van der Waals surface area contributed by atoms with Gasteiger partial charge in [-0.3, -0.25) is 9.13 Å². The molecule has 4 aliphatic carbocycles. The smallest absolute Gasteiger partial charge is 0.328 e. The second-order valence-corrected chi connectivity index (χ2v) is 7.31. The van der Waals surface area contributed by atoms with Crippen LogP contribution in [0.15, 0.2) is 17.2 Å². The molecule has 110 valence electrons. The highest BCUT2D eigenvalue weighted by atomic mass is 16.1. The van der Waals surface area contributed by atoms with Crippen LogP contribution in [0.2, 0.25) is 0 Å². The Morgan fingerprint density at radius 1 is 1.00 bits per heavy atom. The van der Waals surface area contributed by atoms with Gasteiger partial charge in [0.15, 0.2) is 0 Å². The molecule has 1 aromatic rings. The first-order valence-electron chi connectivity index (χ1n) is 8.20. The van der Waals surface area contributed by atoms with E-state index in [4.69, 9.17) is 5.73 Å². The van der Waals surface area contributed by atoms with Gasteiger partial charge in [0.1, 0.15) is 0 Å². The Hall–Kier alpha value is -1.03. The highest BCUT2D eigenvalue weighted by Gasteiger charge is 2.48. The molecule has 4 fully saturated rings. The van der Waals surface area contributed by atoms with E-state index in [1.165, 1.54) is 32.1 Å². The molecule has 0 aromatic carbocycles. The van der Waals surface area contributed by atoms with Gasteiger partial charge in [-0.2, -0.15) is 0 Å². The van der Waals surface area contributed by atoms with Crippen molar-refractivity contribution in [1.82, 2.24) is 9.13 Å². The number of rotatable bonds is 4. The highest BCUT2D eigenvalue weighted by molar-refractivity contribution is 4.98. The summed E-state index contributed by atoms with van der Waals surface area (Å²) in [7, 11) is 0. The third kappa shape index (κ3) is 1.96. The van der Waals surface area contributed by atoms with E-state index in [2.05, 4.69) is 0 Å². The lowest BCUT2D eigenvalue weighted by Gasteiger charge is -2.54. The van der Waals surface area contributed by atoms with Crippen LogP contribution in [0.4, 0.5) is 0 Å². The van der Waals surface area contributed by atoms with Gasteiger partial charge in [0.2, 0.25) is 0 Å². The van der Waals surface area contributed by atoms with E-state index in [0.717, 1.165) is 36.1 Å². The highest BCUT2D eigenvalue weighted by Crippen LogP contribution is 2.56. The van der Waals surface area contributed by atoms with Crippen LogP contribution in [0.1, 0.15) is 32.1 Å². The molecule has 0 atom stereocenters. The van der Waals surface area contributed by atoms with Crippen molar-refractivity contribution in [2.24, 2.45) is 35.3 Å². The van der Waals surface area contributed by atoms with Crippen molar-refractivity contribution in [3.63, 3.8) is 0 Å². The zero-order valence-corrected chi connectivity index (χ0v) is 12.1. The van der Waals surface area contributed by atoms with Gasteiger partial charge < -0.3 is 5.73 Å². The molecule has 0 unspecified atom stereocenters. The summed E-state index contributed by atoms with van der Waals surface area (Å²) in [6.45, 7) is 2.10. The van der Waals surface area contributed by atoms with Crippen LogP contribution in [0.25, 0.3) is 0 Å². The average molecular weight is 275 g/mol. The minimum absolute atomic E-state index is 0.129. The van der Waals surface area contributed by atoms with Gasteiger partial charge in [0.05, 0.1) is 0 Å². The van der Waals surface area contributed by atoms with Gasteiger partial charge in [-0.05, 0) is 61.7 Å². The molecule has 1 heterocycles. The predicted molar refractivity (Wildman–Crippen MR) is 78.3 cm³/mol. The van der Waals surface area contributed by atoms with Crippen molar-refractivity contribution >= 4 is 0 Å². The van der Waals surface area contributed by atoms with Crippen molar-refractivity contribution < 1.29 is 0 Å². The van der Waals surface area contributed by atoms with Crippen LogP contribution in [-0.4, -0.2) is 15.7 Å². The SMILES string of the molecule is NCCn1ccn(CC2C3CC4CC(C3)CC2C4)c1=O. The van der Waals surface area contributed by atoms with E-state index < -0.39 is 0 Å². The second kappa shape index (κ2) is 4.76. The number of nitrogens with two attached hydrogens (primary N) is 1. The topological polar surface area (TPSA) is 52.9 Å². The van der Waals surface area contributed by atoms with Gasteiger partial charge in [-0.1, -0.05) is 0 Å². The largest absolute Gasteiger partial charge is 0.329 e. The third-order valence-electron chi connectivity index (χ3n) is 6.12. The summed E-state index contributed by atoms with van der Waals surface area (Å²) in [6.07, 6.45) is 11.1. The molecular weight excluding hydrogens is 250 g/mol. The Bertz CT molecular complexity index is 516. The van der Waals surface area contributed by atoms with Crippen LogP contribution in [-0.2, 0) is 13.1 Å². The first kappa shape index (κ1) is 12.7. The molecule has 5 rings (SSSR count). The fraction of sp³-hybridized carbons (Fsp3) is 0.812. The van der Waals surface area contributed by atoms with Crippen LogP contribution >= 0.6 is 0 Å². The van der Waals surface area contributed by atoms with Crippen molar-refractivity contribution in [3.8, 4) is 0 Å². The molecule has 4 heteroatoms. The first-order chi connectivity index (χ1) is 9.74. The lowest BCUT2D eigenvalue weighted by molar-refractivity contribution is -0.0433. The lowest BCUT2D eigenvalue weighted by atomic mass is 9.52. The average Bonchev–Trinajstić information content (AvgIpc) is 2.75. The summed E-state index contributed by atoms with van der Waals surface area (Å²) in [5, 5.41) is 0. The van der Waals surface area contributed by atoms with Gasteiger partial charge in [0, 0.05) is 32.0 Å². The fourth-order valence-corrected chi connectivity index (χ4v) is 5.46. The number of hydrogen-bond acceptors (Lipinski definition) is 2. The molecule has 20 heavy (non-hydrogen) atoms. The summed E-state index contributed by atoms with van der Waals surface area (Å²) in [4.78, 5) is 12.3. The molecular formula is C16H25N3O. The zero-order chi connectivity index (χ0) is 13.7. The van der Waals surface area contributed by atoms with Crippen LogP contribution in [0.3, 0.4) is 0 Å². The number of aromatic nitrogens is 2. The van der Waals surface area contributed by atoms with Gasteiger partial charge in [0.25, 0.3) is 0 Å². The summed E-state index contributed by atoms with van der Waals surface area (Å²) in [5.41, 5.74) is 5.68. The molecule has 4 saturated carbocycles. The molecule has 2 N–H and O–H groups in total. The molecule has 4 nitrogen and oxygen atoms in total. The van der Waals surface area contributed by atoms with E-state index in [1.807, 2.05) is 17.0 Å². The Morgan fingerprint density at radius 3 is 2.20 bits per heavy atom. The van der Waals surface area contributed by atoms with Crippen molar-refractivity contribution in [3.05, 3.63) is 22.9 Å². The summed E-state index contributed by atoms with van der Waals surface area (Å²) in [5.74, 6) is 4.53. The minimum Gasteiger partial charge on any atom is -0.329 e. The molecule has 0 aliphatic heterocycles. The van der Waals surface area contributed by atoms with Crippen molar-refractivity contribution in [1.29, 1.82) is 0 Å². The number of nitrogens with zero attached hydrogens (tertiary/aromatic N) is 2. The van der Waals surface area contributed by atoms with Crippen LogP contribution in [0.5, 0.6) is 0 Å². The van der Waals surface area contributed by atoms with E-state index in [0.29, 0.717) is 13.1 Å². The van der Waals surface area contributed by atoms with Gasteiger partial charge >= 0.3 is 5.69 Å². The third-order valence-corrected chi connectivity index (χ3v) is 6.12. The van der Waals surface area contributed by atoms with Crippen molar-refractivity contribution in [2.75, 3.05) is 6.54 Å². The maximum Gasteiger partial charge on any atom is 0.328 e. The Kier molecular flexibility index (Phi) is 3.02. The monoisotopic (exact) mass is 275 g/mol. The van der Waals surface area contributed by atoms with E-state index >= 15 is 0 Å². The molecule has 4 aliphatic rings. The number of imidazole rings is 1. The summed E-state index contributed by atoms with van der Waals surface area (Å²) in [6, 6.07) is 0. The quantitative estimate of drug-likeness (QED) is 0.909. The van der Waals surface area contributed by atoms with Gasteiger partial charge in [-0.15, -0.1) is 0 Å². The molecule has 0 spiro atoms. The van der Waals surface area contributed by atoms with E-state index in [9.17, 15) is 4.79 Å². The summed E-state index contributed by atoms with van der Waals surface area (Å²) < 4.78 is 3.68. The molecule has 4 bridgehead atoms. The summed E-state index contributed by atoms with van der Waals surface area (Å²) >= 11 is 0. The van der Waals surface area contributed by atoms with E-state index in [-0.39, 0.29) is 5.69 Å². The predicted octanol–water partition coefficient (Wildman–Crippen LogP) is 1.68. The Labute approximate surface area is 120 Å². The Balaban J connectivity index is 1.53. The van der Waals surface area contributed by atoms with Crippen LogP contribution < -0.4 is 11.4 Å². The lowest BCUT2D eigenvalue weighted by Crippen LogP contribution is -2.47. The fourth-order valence-electron chi connectivity index (χ4n) is 5.46. The molecule has 1 aromatic heterocycles. The van der Waals surface area contributed by atoms with E-state index in [1.54, 1.807) is 4.57 Å². The maximum atomic E-state index is 12.3. The second-order valence-electron chi connectivity index (χ2n) is 7.31. The Morgan fingerprint density at radius 2 is 1.60 bits per heavy atom. The standard InChI is InChI=1S/C16H25N3O/c17-1-2-18-3-4-19(16(18)20)10-15-13-6-11-5-12(8-13)9-14(15)7-11/h3-4,11-15H,1-2,5-10,17H2. The molecule has 0 saturated heterocycles. The minimum atomic E-state index is 0.129. The van der Waals surface area contributed by atoms with Gasteiger partial charge in [-0.25, -0.2) is 4.79 Å².